The fraction of sp³-hybridized carbons (Fsp3) is 0.400. The van der Waals surface area contributed by atoms with E-state index in [1.165, 1.54) is 0 Å². The Morgan fingerprint density at radius 3 is 2.76 bits per heavy atom. The van der Waals surface area contributed by atoms with Crippen LogP contribution < -0.4 is 5.32 Å². The number of aliphatic hydroxyl groups is 1. The molecule has 2 rings (SSSR count). The first-order chi connectivity index (χ1) is 10.2. The van der Waals surface area contributed by atoms with E-state index in [4.69, 9.17) is 9.52 Å². The molecule has 0 aliphatic carbocycles. The fourth-order valence-electron chi connectivity index (χ4n) is 1.78. The number of carbonyl (C=O) groups excluding carboxylic acids is 1. The lowest BCUT2D eigenvalue weighted by Crippen LogP contribution is -2.25. The van der Waals surface area contributed by atoms with Crippen LogP contribution in [-0.2, 0) is 11.2 Å². The zero-order valence-electron chi connectivity index (χ0n) is 12.0. The Hall–Kier alpha value is -2.21. The zero-order valence-corrected chi connectivity index (χ0v) is 12.0. The lowest BCUT2D eigenvalue weighted by atomic mass is 10.1. The van der Waals surface area contributed by atoms with Gasteiger partial charge < -0.3 is 14.8 Å². The van der Waals surface area contributed by atoms with Crippen molar-refractivity contribution < 1.29 is 14.3 Å². The summed E-state index contributed by atoms with van der Waals surface area (Å²) in [7, 11) is 0. The van der Waals surface area contributed by atoms with Crippen molar-refractivity contribution in [1.82, 2.24) is 15.5 Å². The summed E-state index contributed by atoms with van der Waals surface area (Å²) in [6.07, 6.45) is 1.26. The van der Waals surface area contributed by atoms with Gasteiger partial charge in [-0.05, 0) is 25.5 Å². The molecule has 1 aromatic heterocycles. The predicted octanol–water partition coefficient (Wildman–Crippen LogP) is 1.48. The molecule has 6 heteroatoms. The van der Waals surface area contributed by atoms with Crippen molar-refractivity contribution in [3.63, 3.8) is 0 Å². The van der Waals surface area contributed by atoms with Crippen molar-refractivity contribution in [2.45, 2.75) is 26.2 Å². The van der Waals surface area contributed by atoms with Crippen molar-refractivity contribution in [2.75, 3.05) is 13.2 Å². The average Bonchev–Trinajstić information content (AvgIpc) is 2.95. The van der Waals surface area contributed by atoms with E-state index in [0.717, 1.165) is 11.1 Å². The normalized spacial score (nSPS) is 10.6. The molecule has 1 amide bonds. The maximum Gasteiger partial charge on any atom is 0.247 e. The van der Waals surface area contributed by atoms with Crippen LogP contribution in [0.15, 0.2) is 28.7 Å². The van der Waals surface area contributed by atoms with Crippen LogP contribution in [0.25, 0.3) is 11.5 Å². The Morgan fingerprint density at radius 1 is 1.29 bits per heavy atom. The number of hydrogen-bond acceptors (Lipinski definition) is 5. The Balaban J connectivity index is 1.86. The molecular formula is C15H19N3O3. The van der Waals surface area contributed by atoms with Crippen molar-refractivity contribution in [2.24, 2.45) is 0 Å². The van der Waals surface area contributed by atoms with Gasteiger partial charge in [0.05, 0.1) is 0 Å². The van der Waals surface area contributed by atoms with Crippen molar-refractivity contribution in [3.8, 4) is 11.5 Å². The summed E-state index contributed by atoms with van der Waals surface area (Å²) in [5, 5.41) is 19.3. The highest BCUT2D eigenvalue weighted by molar-refractivity contribution is 5.75. The van der Waals surface area contributed by atoms with Crippen molar-refractivity contribution in [1.29, 1.82) is 0 Å². The van der Waals surface area contributed by atoms with Crippen LogP contribution in [0.2, 0.25) is 0 Å². The molecule has 0 aliphatic rings. The molecule has 0 aliphatic heterocycles. The summed E-state index contributed by atoms with van der Waals surface area (Å²) in [6, 6.07) is 7.81. The van der Waals surface area contributed by atoms with Crippen molar-refractivity contribution >= 4 is 5.91 Å². The van der Waals surface area contributed by atoms with Crippen LogP contribution in [0.5, 0.6) is 0 Å². The minimum Gasteiger partial charge on any atom is -0.421 e. The summed E-state index contributed by atoms with van der Waals surface area (Å²) in [5.74, 6) is 0.826. The highest BCUT2D eigenvalue weighted by atomic mass is 16.4. The SMILES string of the molecule is Cc1ccc(-c2nnc(CCC(=O)NCCCO)o2)cc1. The van der Waals surface area contributed by atoms with Crippen LogP contribution in [0.3, 0.4) is 0 Å². The summed E-state index contributed by atoms with van der Waals surface area (Å²) < 4.78 is 5.54. The third-order valence-electron chi connectivity index (χ3n) is 2.99. The molecule has 112 valence electrons. The summed E-state index contributed by atoms with van der Waals surface area (Å²) in [5.41, 5.74) is 2.03. The van der Waals surface area contributed by atoms with E-state index >= 15 is 0 Å². The number of nitrogens with one attached hydrogen (secondary N) is 1. The third-order valence-corrected chi connectivity index (χ3v) is 2.99. The van der Waals surface area contributed by atoms with Gasteiger partial charge in [-0.25, -0.2) is 0 Å². The van der Waals surface area contributed by atoms with Gasteiger partial charge in [0, 0.05) is 31.6 Å². The lowest BCUT2D eigenvalue weighted by Gasteiger charge is -2.01. The largest absolute Gasteiger partial charge is 0.421 e. The van der Waals surface area contributed by atoms with E-state index in [9.17, 15) is 4.79 Å². The molecule has 1 heterocycles. The number of rotatable bonds is 7. The fourth-order valence-corrected chi connectivity index (χ4v) is 1.78. The van der Waals surface area contributed by atoms with Crippen molar-refractivity contribution in [3.05, 3.63) is 35.7 Å². The van der Waals surface area contributed by atoms with Gasteiger partial charge in [-0.15, -0.1) is 10.2 Å². The standard InChI is InChI=1S/C15H19N3O3/c1-11-3-5-12(6-4-11)15-18-17-14(21-15)8-7-13(20)16-9-2-10-19/h3-6,19H,2,7-10H2,1H3,(H,16,20). The molecule has 0 bridgehead atoms. The van der Waals surface area contributed by atoms with Gasteiger partial charge in [-0.1, -0.05) is 17.7 Å². The molecule has 2 N–H and O–H groups in total. The monoisotopic (exact) mass is 289 g/mol. The van der Waals surface area contributed by atoms with Gasteiger partial charge >= 0.3 is 0 Å². The number of aromatic nitrogens is 2. The number of aliphatic hydroxyl groups excluding tert-OH is 1. The Morgan fingerprint density at radius 2 is 2.05 bits per heavy atom. The smallest absolute Gasteiger partial charge is 0.247 e. The Labute approximate surface area is 123 Å². The first-order valence-electron chi connectivity index (χ1n) is 6.96. The summed E-state index contributed by atoms with van der Waals surface area (Å²) >= 11 is 0. The minimum absolute atomic E-state index is 0.0733. The highest BCUT2D eigenvalue weighted by Gasteiger charge is 2.10. The van der Waals surface area contributed by atoms with E-state index < -0.39 is 0 Å². The van der Waals surface area contributed by atoms with E-state index in [0.29, 0.717) is 37.6 Å². The molecule has 0 atom stereocenters. The molecule has 0 saturated heterocycles. The first kappa shape index (κ1) is 15.2. The number of nitrogens with zero attached hydrogens (tertiary/aromatic N) is 2. The molecule has 0 saturated carbocycles. The topological polar surface area (TPSA) is 88.2 Å². The number of carbonyl (C=O) groups is 1. The lowest BCUT2D eigenvalue weighted by molar-refractivity contribution is -0.121. The van der Waals surface area contributed by atoms with Crippen LogP contribution in [-0.4, -0.2) is 34.4 Å². The van der Waals surface area contributed by atoms with E-state index in [1.807, 2.05) is 31.2 Å². The van der Waals surface area contributed by atoms with Gasteiger partial charge in [0.25, 0.3) is 0 Å². The predicted molar refractivity (Wildman–Crippen MR) is 77.5 cm³/mol. The summed E-state index contributed by atoms with van der Waals surface area (Å²) in [4.78, 5) is 11.5. The molecule has 0 fully saturated rings. The molecule has 21 heavy (non-hydrogen) atoms. The second-order valence-electron chi connectivity index (χ2n) is 4.79. The van der Waals surface area contributed by atoms with Gasteiger partial charge in [-0.3, -0.25) is 4.79 Å². The quantitative estimate of drug-likeness (QED) is 0.754. The zero-order chi connectivity index (χ0) is 15.1. The molecule has 6 nitrogen and oxygen atoms in total. The van der Waals surface area contributed by atoms with Crippen LogP contribution in [0, 0.1) is 6.92 Å². The third kappa shape index (κ3) is 4.68. The number of aryl methyl sites for hydroxylation is 2. The van der Waals surface area contributed by atoms with Crippen LogP contribution >= 0.6 is 0 Å². The van der Waals surface area contributed by atoms with Crippen LogP contribution in [0.4, 0.5) is 0 Å². The molecule has 0 unspecified atom stereocenters. The number of amides is 1. The minimum atomic E-state index is -0.0847. The van der Waals surface area contributed by atoms with E-state index in [2.05, 4.69) is 15.5 Å². The Bertz CT molecular complexity index is 578. The summed E-state index contributed by atoms with van der Waals surface area (Å²) in [6.45, 7) is 2.57. The average molecular weight is 289 g/mol. The van der Waals surface area contributed by atoms with E-state index in [-0.39, 0.29) is 12.5 Å². The maximum absolute atomic E-state index is 11.5. The first-order valence-corrected chi connectivity index (χ1v) is 6.96. The second kappa shape index (κ2) is 7.54. The van der Waals surface area contributed by atoms with Gasteiger partial charge in [0.15, 0.2) is 0 Å². The molecule has 0 radical (unpaired) electrons. The van der Waals surface area contributed by atoms with Gasteiger partial charge in [0.2, 0.25) is 17.7 Å². The molecule has 2 aromatic rings. The van der Waals surface area contributed by atoms with Gasteiger partial charge in [-0.2, -0.15) is 0 Å². The number of benzene rings is 1. The second-order valence-corrected chi connectivity index (χ2v) is 4.79. The molecular weight excluding hydrogens is 270 g/mol. The maximum atomic E-state index is 11.5. The highest BCUT2D eigenvalue weighted by Crippen LogP contribution is 2.18. The van der Waals surface area contributed by atoms with E-state index in [1.54, 1.807) is 0 Å². The molecule has 0 spiro atoms. The van der Waals surface area contributed by atoms with Crippen LogP contribution in [0.1, 0.15) is 24.3 Å². The Kier molecular flexibility index (Phi) is 5.45. The number of hydrogen-bond donors (Lipinski definition) is 2. The van der Waals surface area contributed by atoms with Gasteiger partial charge in [0.1, 0.15) is 0 Å². The molecule has 1 aromatic carbocycles.